The van der Waals surface area contributed by atoms with Crippen molar-refractivity contribution in [3.05, 3.63) is 253 Å². The van der Waals surface area contributed by atoms with Crippen LogP contribution in [0.3, 0.4) is 0 Å². The van der Waals surface area contributed by atoms with Crippen LogP contribution in [0.1, 0.15) is 77.6 Å². The maximum atomic E-state index is 12.8. The molecule has 0 fully saturated rings. The zero-order valence-corrected chi connectivity index (χ0v) is 44.2. The molecule has 0 saturated carbocycles. The Morgan fingerprint density at radius 3 is 1.60 bits per heavy atom. The smallest absolute Gasteiger partial charge is 0.149 e. The first-order chi connectivity index (χ1) is 36.1. The Bertz CT molecular complexity index is 3870. The molecule has 1 N–H and O–H groups in total. The van der Waals surface area contributed by atoms with Crippen molar-refractivity contribution < 1.29 is 5.11 Å². The van der Waals surface area contributed by atoms with Crippen LogP contribution in [-0.2, 0) is 16.2 Å². The highest BCUT2D eigenvalue weighted by molar-refractivity contribution is 5.99. The van der Waals surface area contributed by atoms with Crippen LogP contribution in [0.25, 0.3) is 95.0 Å². The number of aromatic hydroxyl groups is 1. The predicted octanol–water partition coefficient (Wildman–Crippen LogP) is 18.7. The van der Waals surface area contributed by atoms with Crippen molar-refractivity contribution >= 4 is 11.0 Å². The fraction of sp³-hybridized carbons (Fsp3) is 0.155. The van der Waals surface area contributed by atoms with Gasteiger partial charge >= 0.3 is 0 Å². The molecule has 4 nitrogen and oxygen atoms in total. The lowest BCUT2D eigenvalue weighted by Crippen LogP contribution is -2.18. The van der Waals surface area contributed by atoms with Gasteiger partial charge < -0.3 is 5.11 Å². The molecule has 0 radical (unpaired) electrons. The van der Waals surface area contributed by atoms with Crippen molar-refractivity contribution in [3.63, 3.8) is 0 Å². The third-order valence-electron chi connectivity index (χ3n) is 15.0. The number of hydrogen-bond acceptors (Lipinski definition) is 3. The van der Waals surface area contributed by atoms with E-state index in [-0.39, 0.29) is 22.0 Å². The number of phenols is 1. The summed E-state index contributed by atoms with van der Waals surface area (Å²) in [6, 6.07) is 79.6. The van der Waals surface area contributed by atoms with Crippen molar-refractivity contribution in [1.29, 1.82) is 0 Å². The number of hydrogen-bond donors (Lipinski definition) is 1. The molecule has 0 bridgehead atoms. The maximum Gasteiger partial charge on any atom is 0.149 e. The second kappa shape index (κ2) is 19.3. The predicted molar refractivity (Wildman–Crippen MR) is 315 cm³/mol. The minimum Gasteiger partial charge on any atom is -0.507 e. The Morgan fingerprint density at radius 1 is 0.360 bits per heavy atom. The van der Waals surface area contributed by atoms with E-state index in [1.165, 1.54) is 22.3 Å². The summed E-state index contributed by atoms with van der Waals surface area (Å²) < 4.78 is 2.27. The Labute approximate surface area is 442 Å². The van der Waals surface area contributed by atoms with Crippen molar-refractivity contribution in [1.82, 2.24) is 14.5 Å². The third-order valence-corrected chi connectivity index (χ3v) is 15.0. The molecule has 0 aliphatic heterocycles. The van der Waals surface area contributed by atoms with Crippen molar-refractivity contribution in [3.8, 4) is 89.7 Å². The standard InChI is InChI=1S/C71H63N3O/c1-69(2,3)54-37-38-64(62(46-54)48-25-14-10-15-26-48)74-65-36-22-33-58(66(65)73-68(74)61-35-21-34-60(67(61)75)59-32-19-18-31-57(59)47-23-12-9-13-24-47)51-41-52(44-56(43-51)70(4,5)6)63-45-50(39-40-72-63)49-27-20-30-55(42-49)71(7,8)53-28-16-11-17-29-53/h9-46,75H,1-8H3. The molecule has 9 aromatic carbocycles. The van der Waals surface area contributed by atoms with Gasteiger partial charge in [-0.2, -0.15) is 0 Å². The summed E-state index contributed by atoms with van der Waals surface area (Å²) in [5, 5.41) is 12.8. The van der Waals surface area contributed by atoms with Crippen LogP contribution in [0.5, 0.6) is 5.75 Å². The molecule has 11 aromatic rings. The number of aromatic nitrogens is 3. The quantitative estimate of drug-likeness (QED) is 0.149. The number of nitrogens with zero attached hydrogens (tertiary/aromatic N) is 3. The molecule has 0 saturated heterocycles. The third kappa shape index (κ3) is 9.38. The van der Waals surface area contributed by atoms with E-state index in [0.29, 0.717) is 11.4 Å². The van der Waals surface area contributed by atoms with Crippen LogP contribution >= 0.6 is 0 Å². The minimum atomic E-state index is -0.181. The zero-order chi connectivity index (χ0) is 52.1. The molecule has 2 heterocycles. The highest BCUT2D eigenvalue weighted by atomic mass is 16.3. The topological polar surface area (TPSA) is 50.9 Å². The van der Waals surface area contributed by atoms with Crippen LogP contribution in [0.15, 0.2) is 231 Å². The van der Waals surface area contributed by atoms with E-state index in [0.717, 1.165) is 83.6 Å². The van der Waals surface area contributed by atoms with E-state index >= 15 is 0 Å². The van der Waals surface area contributed by atoms with Crippen LogP contribution in [0.4, 0.5) is 0 Å². The lowest BCUT2D eigenvalue weighted by molar-refractivity contribution is 0.479. The number of pyridine rings is 1. The van der Waals surface area contributed by atoms with Crippen LogP contribution < -0.4 is 0 Å². The van der Waals surface area contributed by atoms with Gasteiger partial charge in [0.1, 0.15) is 11.6 Å². The van der Waals surface area contributed by atoms with Gasteiger partial charge in [0.25, 0.3) is 0 Å². The van der Waals surface area contributed by atoms with Gasteiger partial charge in [0.2, 0.25) is 0 Å². The van der Waals surface area contributed by atoms with E-state index in [2.05, 4.69) is 254 Å². The van der Waals surface area contributed by atoms with Gasteiger partial charge in [-0.05, 0) is 121 Å². The first kappa shape index (κ1) is 48.7. The molecule has 368 valence electrons. The number of imidazole rings is 1. The molecule has 11 rings (SSSR count). The molecule has 0 spiro atoms. The number of para-hydroxylation sites is 2. The maximum absolute atomic E-state index is 12.8. The highest BCUT2D eigenvalue weighted by Gasteiger charge is 2.27. The second-order valence-corrected chi connectivity index (χ2v) is 22.5. The van der Waals surface area contributed by atoms with Crippen LogP contribution in [-0.4, -0.2) is 19.6 Å². The number of rotatable bonds is 10. The summed E-state index contributed by atoms with van der Waals surface area (Å²) in [5.74, 6) is 0.817. The van der Waals surface area contributed by atoms with Gasteiger partial charge in [0.15, 0.2) is 0 Å². The van der Waals surface area contributed by atoms with Gasteiger partial charge in [0, 0.05) is 33.9 Å². The Kier molecular flexibility index (Phi) is 12.6. The number of benzene rings is 9. The van der Waals surface area contributed by atoms with Crippen molar-refractivity contribution in [2.45, 2.75) is 71.6 Å². The average molecular weight is 974 g/mol. The van der Waals surface area contributed by atoms with Crippen molar-refractivity contribution in [2.75, 3.05) is 0 Å². The lowest BCUT2D eigenvalue weighted by Gasteiger charge is -2.26. The van der Waals surface area contributed by atoms with E-state index in [9.17, 15) is 5.11 Å². The molecule has 0 aliphatic carbocycles. The lowest BCUT2D eigenvalue weighted by atomic mass is 9.77. The molecule has 4 heteroatoms. The average Bonchev–Trinajstić information content (AvgIpc) is 3.85. The number of fused-ring (bicyclic) bond motifs is 1. The molecule has 75 heavy (non-hydrogen) atoms. The first-order valence-corrected chi connectivity index (χ1v) is 26.1. The fourth-order valence-corrected chi connectivity index (χ4v) is 10.6. The second-order valence-electron chi connectivity index (χ2n) is 22.5. The van der Waals surface area contributed by atoms with Gasteiger partial charge in [-0.1, -0.05) is 231 Å². The van der Waals surface area contributed by atoms with Gasteiger partial charge in [-0.25, -0.2) is 4.98 Å². The summed E-state index contributed by atoms with van der Waals surface area (Å²) in [6.45, 7) is 18.2. The van der Waals surface area contributed by atoms with Crippen LogP contribution in [0, 0.1) is 0 Å². The van der Waals surface area contributed by atoms with E-state index < -0.39 is 0 Å². The van der Waals surface area contributed by atoms with Gasteiger partial charge in [-0.3, -0.25) is 9.55 Å². The zero-order valence-electron chi connectivity index (χ0n) is 44.2. The summed E-state index contributed by atoms with van der Waals surface area (Å²) in [7, 11) is 0. The minimum absolute atomic E-state index is 0.0959. The Balaban J connectivity index is 1.12. The summed E-state index contributed by atoms with van der Waals surface area (Å²) in [4.78, 5) is 10.8. The molecule has 0 unspecified atom stereocenters. The Morgan fingerprint density at radius 2 is 0.893 bits per heavy atom. The van der Waals surface area contributed by atoms with Gasteiger partial charge in [-0.15, -0.1) is 0 Å². The molecular weight excluding hydrogens is 911 g/mol. The van der Waals surface area contributed by atoms with E-state index in [1.807, 2.05) is 36.5 Å². The fourth-order valence-electron chi connectivity index (χ4n) is 10.6. The molecule has 0 aliphatic rings. The summed E-state index contributed by atoms with van der Waals surface area (Å²) in [5.41, 5.74) is 20.1. The molecule has 0 atom stereocenters. The van der Waals surface area contributed by atoms with E-state index in [1.54, 1.807) is 0 Å². The monoisotopic (exact) mass is 973 g/mol. The van der Waals surface area contributed by atoms with Gasteiger partial charge in [0.05, 0.1) is 28.0 Å². The highest BCUT2D eigenvalue weighted by Crippen LogP contribution is 2.46. The van der Waals surface area contributed by atoms with Crippen molar-refractivity contribution in [2.24, 2.45) is 0 Å². The molecular formula is C71H63N3O. The molecule has 0 amide bonds. The Hall–Kier alpha value is -8.60. The molecule has 2 aromatic heterocycles. The summed E-state index contributed by atoms with van der Waals surface area (Å²) >= 11 is 0. The SMILES string of the molecule is CC(C)(C)c1cc(-c2cc(-c3cccc(C(C)(C)c4ccccc4)c3)ccn2)cc(-c2cccc3c2nc(-c2cccc(-c4ccccc4-c4ccccc4)c2O)n3-c2ccc(C(C)(C)C)cc2-c2ccccc2)c1. The first-order valence-electron chi connectivity index (χ1n) is 26.1. The van der Waals surface area contributed by atoms with E-state index in [4.69, 9.17) is 9.97 Å². The normalized spacial score (nSPS) is 12.1. The number of phenolic OH excluding ortho intramolecular Hbond substituents is 1. The summed E-state index contributed by atoms with van der Waals surface area (Å²) in [6.07, 6.45) is 1.94. The largest absolute Gasteiger partial charge is 0.507 e. The van der Waals surface area contributed by atoms with Crippen LogP contribution in [0.2, 0.25) is 0 Å².